The number of thiazole rings is 1. The Kier molecular flexibility index (Phi) is 7.52. The molecule has 0 saturated carbocycles. The summed E-state index contributed by atoms with van der Waals surface area (Å²) < 4.78 is 41.4. The highest BCUT2D eigenvalue weighted by atomic mass is 32.2. The van der Waals surface area contributed by atoms with Gasteiger partial charge in [0.05, 0.1) is 15.1 Å². The largest absolute Gasteiger partial charge is 0.351 e. The van der Waals surface area contributed by atoms with Crippen LogP contribution in [0.15, 0.2) is 47.4 Å². The van der Waals surface area contributed by atoms with Crippen LogP contribution in [0, 0.1) is 5.82 Å². The maximum atomic E-state index is 13.5. The first kappa shape index (κ1) is 25.1. The second-order valence-corrected chi connectivity index (χ2v) is 12.1. The van der Waals surface area contributed by atoms with Crippen LogP contribution in [0.25, 0.3) is 10.2 Å². The van der Waals surface area contributed by atoms with E-state index in [1.165, 1.54) is 39.9 Å². The zero-order chi connectivity index (χ0) is 25.1. The minimum Gasteiger partial charge on any atom is -0.351 e. The fourth-order valence-electron chi connectivity index (χ4n) is 4.65. The van der Waals surface area contributed by atoms with Crippen LogP contribution >= 0.6 is 11.3 Å². The van der Waals surface area contributed by atoms with Crippen molar-refractivity contribution < 1.29 is 17.6 Å². The summed E-state index contributed by atoms with van der Waals surface area (Å²) in [6, 6.07) is 10.9. The number of carbonyl (C=O) groups is 1. The molecule has 2 aliphatic heterocycles. The molecule has 1 N–H and O–H groups in total. The number of aromatic nitrogens is 1. The number of nitrogens with one attached hydrogen (secondary N) is 1. The van der Waals surface area contributed by atoms with E-state index in [-0.39, 0.29) is 16.6 Å². The van der Waals surface area contributed by atoms with Gasteiger partial charge in [-0.05, 0) is 55.3 Å². The van der Waals surface area contributed by atoms with E-state index in [0.29, 0.717) is 25.2 Å². The lowest BCUT2D eigenvalue weighted by atomic mass is 10.2. The Morgan fingerprint density at radius 1 is 0.972 bits per heavy atom. The van der Waals surface area contributed by atoms with Crippen molar-refractivity contribution in [2.24, 2.45) is 0 Å². The van der Waals surface area contributed by atoms with Crippen LogP contribution in [0.5, 0.6) is 0 Å². The van der Waals surface area contributed by atoms with Crippen molar-refractivity contribution in [2.45, 2.75) is 24.2 Å². The summed E-state index contributed by atoms with van der Waals surface area (Å²) in [6.07, 6.45) is 2.84. The van der Waals surface area contributed by atoms with Crippen molar-refractivity contribution in [1.29, 1.82) is 0 Å². The Labute approximate surface area is 214 Å². The molecule has 5 rings (SSSR count). The molecule has 0 radical (unpaired) electrons. The van der Waals surface area contributed by atoms with Crippen molar-refractivity contribution in [3.63, 3.8) is 0 Å². The minimum atomic E-state index is -3.50. The van der Waals surface area contributed by atoms with Crippen LogP contribution < -0.4 is 10.2 Å². The molecule has 3 aromatic rings. The molecule has 36 heavy (non-hydrogen) atoms. The molecule has 2 saturated heterocycles. The third kappa shape index (κ3) is 5.54. The smallest absolute Gasteiger partial charge is 0.251 e. The number of piperidine rings is 1. The molecule has 192 valence electrons. The van der Waals surface area contributed by atoms with Crippen molar-refractivity contribution in [2.75, 3.05) is 57.3 Å². The maximum Gasteiger partial charge on any atom is 0.251 e. The number of rotatable bonds is 7. The zero-order valence-electron chi connectivity index (χ0n) is 20.0. The van der Waals surface area contributed by atoms with Crippen molar-refractivity contribution >= 4 is 42.6 Å². The summed E-state index contributed by atoms with van der Waals surface area (Å²) in [4.78, 5) is 21.9. The van der Waals surface area contributed by atoms with Gasteiger partial charge in [0.15, 0.2) is 5.13 Å². The molecule has 0 bridgehead atoms. The number of piperazine rings is 1. The normalized spacial score (nSPS) is 18.0. The molecule has 8 nitrogen and oxygen atoms in total. The van der Waals surface area contributed by atoms with E-state index in [2.05, 4.69) is 20.1 Å². The van der Waals surface area contributed by atoms with Crippen LogP contribution in [-0.2, 0) is 10.0 Å². The van der Waals surface area contributed by atoms with Crippen LogP contribution in [-0.4, -0.2) is 80.9 Å². The first-order chi connectivity index (χ1) is 17.4. The molecule has 1 amide bonds. The number of halogens is 1. The number of benzene rings is 2. The molecule has 0 aliphatic carbocycles. The average molecular weight is 532 g/mol. The number of hydrogen-bond donors (Lipinski definition) is 1. The number of nitrogens with zero attached hydrogens (tertiary/aromatic N) is 4. The van der Waals surface area contributed by atoms with Gasteiger partial charge < -0.3 is 10.2 Å². The number of anilines is 1. The van der Waals surface area contributed by atoms with E-state index in [1.54, 1.807) is 18.2 Å². The van der Waals surface area contributed by atoms with E-state index in [4.69, 9.17) is 0 Å². The minimum absolute atomic E-state index is 0.211. The fraction of sp³-hybridized carbons (Fsp3) is 0.440. The van der Waals surface area contributed by atoms with E-state index >= 15 is 0 Å². The summed E-state index contributed by atoms with van der Waals surface area (Å²) in [5.74, 6) is -0.458. The Bertz CT molecular complexity index is 1320. The van der Waals surface area contributed by atoms with Crippen LogP contribution in [0.3, 0.4) is 0 Å². The standard InChI is InChI=1S/C25H30FN5O3S2/c26-20-6-9-22-23(18-20)35-25(28-22)30-16-14-29(15-17-30)13-10-27-24(32)19-4-7-21(8-5-19)36(33,34)31-11-2-1-3-12-31/h4-9,18H,1-3,10-17H2,(H,27,32). The zero-order valence-corrected chi connectivity index (χ0v) is 21.7. The third-order valence-corrected chi connectivity index (χ3v) is 9.76. The predicted molar refractivity (Wildman–Crippen MR) is 140 cm³/mol. The van der Waals surface area contributed by atoms with E-state index in [9.17, 15) is 17.6 Å². The van der Waals surface area contributed by atoms with Crippen molar-refractivity contribution in [3.8, 4) is 0 Å². The van der Waals surface area contributed by atoms with Gasteiger partial charge in [0.1, 0.15) is 5.82 Å². The van der Waals surface area contributed by atoms with Crippen molar-refractivity contribution in [1.82, 2.24) is 19.5 Å². The Balaban J connectivity index is 1.08. The second-order valence-electron chi connectivity index (χ2n) is 9.18. The summed E-state index contributed by atoms with van der Waals surface area (Å²) in [5.41, 5.74) is 1.27. The fourth-order valence-corrected chi connectivity index (χ4v) is 7.21. The molecule has 2 aliphatic rings. The van der Waals surface area contributed by atoms with E-state index in [1.807, 2.05) is 0 Å². The molecular weight excluding hydrogens is 501 g/mol. The van der Waals surface area contributed by atoms with Gasteiger partial charge in [-0.25, -0.2) is 17.8 Å². The van der Waals surface area contributed by atoms with Crippen molar-refractivity contribution in [3.05, 3.63) is 53.8 Å². The number of carbonyl (C=O) groups excluding carboxylic acids is 1. The number of amides is 1. The van der Waals surface area contributed by atoms with Crippen LogP contribution in [0.1, 0.15) is 29.6 Å². The number of sulfonamides is 1. The average Bonchev–Trinajstić information content (AvgIpc) is 3.33. The first-order valence-corrected chi connectivity index (χ1v) is 14.6. The molecular formula is C25H30FN5O3S2. The van der Waals surface area contributed by atoms with Gasteiger partial charge in [-0.15, -0.1) is 0 Å². The van der Waals surface area contributed by atoms with Gasteiger partial charge in [0.2, 0.25) is 10.0 Å². The third-order valence-electron chi connectivity index (χ3n) is 6.76. The summed E-state index contributed by atoms with van der Waals surface area (Å²) >= 11 is 1.51. The van der Waals surface area contributed by atoms with Crippen LogP contribution in [0.2, 0.25) is 0 Å². The molecule has 11 heteroatoms. The van der Waals surface area contributed by atoms with Gasteiger partial charge in [0, 0.05) is 57.9 Å². The lowest BCUT2D eigenvalue weighted by Crippen LogP contribution is -2.48. The van der Waals surface area contributed by atoms with Gasteiger partial charge >= 0.3 is 0 Å². The molecule has 3 heterocycles. The van der Waals surface area contributed by atoms with Crippen LogP contribution in [0.4, 0.5) is 9.52 Å². The molecule has 0 atom stereocenters. The van der Waals surface area contributed by atoms with Gasteiger partial charge in [-0.1, -0.05) is 17.8 Å². The lowest BCUT2D eigenvalue weighted by Gasteiger charge is -2.34. The van der Waals surface area contributed by atoms with E-state index < -0.39 is 10.0 Å². The van der Waals surface area contributed by atoms with Gasteiger partial charge in [-0.2, -0.15) is 4.31 Å². The Morgan fingerprint density at radius 2 is 1.69 bits per heavy atom. The highest BCUT2D eigenvalue weighted by molar-refractivity contribution is 7.89. The summed E-state index contributed by atoms with van der Waals surface area (Å²) in [6.45, 7) is 5.69. The maximum absolute atomic E-state index is 13.5. The number of fused-ring (bicyclic) bond motifs is 1. The topological polar surface area (TPSA) is 85.9 Å². The first-order valence-electron chi connectivity index (χ1n) is 12.3. The Hall–Kier alpha value is -2.60. The highest BCUT2D eigenvalue weighted by Crippen LogP contribution is 2.30. The monoisotopic (exact) mass is 531 g/mol. The van der Waals surface area contributed by atoms with Gasteiger partial charge in [-0.3, -0.25) is 9.69 Å². The molecule has 0 unspecified atom stereocenters. The van der Waals surface area contributed by atoms with E-state index in [0.717, 1.165) is 67.3 Å². The summed E-state index contributed by atoms with van der Waals surface area (Å²) in [7, 11) is -3.50. The SMILES string of the molecule is O=C(NCCN1CCN(c2nc3ccc(F)cc3s2)CC1)c1ccc(S(=O)(=O)N2CCCCC2)cc1. The highest BCUT2D eigenvalue weighted by Gasteiger charge is 2.26. The Morgan fingerprint density at radius 3 is 2.42 bits per heavy atom. The quantitative estimate of drug-likeness (QED) is 0.504. The molecule has 2 fully saturated rings. The van der Waals surface area contributed by atoms with Gasteiger partial charge in [0.25, 0.3) is 5.91 Å². The molecule has 0 spiro atoms. The summed E-state index contributed by atoms with van der Waals surface area (Å²) in [5, 5.41) is 3.85. The lowest BCUT2D eigenvalue weighted by molar-refractivity contribution is 0.0947. The number of hydrogen-bond acceptors (Lipinski definition) is 7. The predicted octanol–water partition coefficient (Wildman–Crippen LogP) is 3.16. The molecule has 1 aromatic heterocycles. The second kappa shape index (κ2) is 10.8. The molecule has 2 aromatic carbocycles.